The number of guanidine groups is 1. The normalized spacial score (nSPS) is 29.1. The van der Waals surface area contributed by atoms with Gasteiger partial charge in [-0.2, -0.15) is 0 Å². The highest BCUT2D eigenvalue weighted by atomic mass is 16.5. The number of hydrogen-bond acceptors (Lipinski definition) is 2. The predicted octanol–water partition coefficient (Wildman–Crippen LogP) is 3.19. The van der Waals surface area contributed by atoms with Crippen LogP contribution in [0.15, 0.2) is 35.3 Å². The third-order valence-corrected chi connectivity index (χ3v) is 5.60. The minimum Gasteiger partial charge on any atom is -0.376 e. The largest absolute Gasteiger partial charge is 0.376 e. The zero-order valence-corrected chi connectivity index (χ0v) is 14.1. The van der Waals surface area contributed by atoms with Gasteiger partial charge in [-0.05, 0) is 56.4 Å². The maximum absolute atomic E-state index is 6.02. The van der Waals surface area contributed by atoms with Crippen LogP contribution in [0.2, 0.25) is 0 Å². The van der Waals surface area contributed by atoms with Crippen molar-refractivity contribution in [3.63, 3.8) is 0 Å². The highest BCUT2D eigenvalue weighted by Gasteiger charge is 2.35. The Kier molecular flexibility index (Phi) is 5.21. The molecule has 0 heterocycles. The second-order valence-corrected chi connectivity index (χ2v) is 7.05. The van der Waals surface area contributed by atoms with Crippen LogP contribution in [0.1, 0.15) is 56.4 Å². The molecule has 0 bridgehead atoms. The number of benzene rings is 1. The summed E-state index contributed by atoms with van der Waals surface area (Å²) in [6, 6.07) is 11.4. The van der Waals surface area contributed by atoms with Crippen molar-refractivity contribution in [1.82, 2.24) is 5.32 Å². The van der Waals surface area contributed by atoms with Crippen LogP contribution in [-0.2, 0) is 4.74 Å². The Morgan fingerprint density at radius 2 is 1.91 bits per heavy atom. The van der Waals surface area contributed by atoms with E-state index in [1.807, 2.05) is 7.11 Å². The minimum absolute atomic E-state index is 0.142. The number of ether oxygens (including phenoxy) is 1. The molecule has 0 amide bonds. The van der Waals surface area contributed by atoms with Gasteiger partial charge in [0.25, 0.3) is 0 Å². The Labute approximate surface area is 139 Å². The molecule has 0 atom stereocenters. The first-order chi connectivity index (χ1) is 11.2. The smallest absolute Gasteiger partial charge is 0.188 e. The summed E-state index contributed by atoms with van der Waals surface area (Å²) in [5.41, 5.74) is 7.33. The molecule has 0 aromatic heterocycles. The van der Waals surface area contributed by atoms with Crippen LogP contribution < -0.4 is 11.1 Å². The average Bonchev–Trinajstić information content (AvgIpc) is 2.58. The minimum atomic E-state index is -0.142. The molecule has 3 N–H and O–H groups in total. The molecule has 2 fully saturated rings. The van der Waals surface area contributed by atoms with Crippen LogP contribution in [0.5, 0.6) is 0 Å². The average molecular weight is 315 g/mol. The lowest BCUT2D eigenvalue weighted by Gasteiger charge is -2.38. The lowest BCUT2D eigenvalue weighted by molar-refractivity contribution is -0.0346. The van der Waals surface area contributed by atoms with E-state index in [0.29, 0.717) is 24.5 Å². The molecule has 0 spiro atoms. The fourth-order valence-electron chi connectivity index (χ4n) is 3.67. The quantitative estimate of drug-likeness (QED) is 0.648. The molecular formula is C19H29N3O. The number of methoxy groups -OCH3 is 1. The lowest BCUT2D eigenvalue weighted by atomic mass is 9.76. The second kappa shape index (κ2) is 7.35. The third-order valence-electron chi connectivity index (χ3n) is 5.60. The SMILES string of the molecule is COC1(CN=C(N)NC2CCC2)CCC(c2ccccc2)CC1. The zero-order chi connectivity index (χ0) is 16.1. The molecule has 1 aromatic rings. The van der Waals surface area contributed by atoms with Crippen LogP contribution in [-0.4, -0.2) is 31.3 Å². The van der Waals surface area contributed by atoms with Crippen molar-refractivity contribution in [1.29, 1.82) is 0 Å². The lowest BCUT2D eigenvalue weighted by Crippen LogP contribution is -2.45. The Bertz CT molecular complexity index is 517. The molecule has 0 radical (unpaired) electrons. The molecule has 2 aliphatic rings. The number of nitrogens with two attached hydrogens (primary N) is 1. The van der Waals surface area contributed by atoms with Crippen molar-refractivity contribution in [2.24, 2.45) is 10.7 Å². The molecule has 4 heteroatoms. The summed E-state index contributed by atoms with van der Waals surface area (Å²) in [5, 5.41) is 3.30. The van der Waals surface area contributed by atoms with Crippen molar-refractivity contribution in [3.05, 3.63) is 35.9 Å². The van der Waals surface area contributed by atoms with Crippen molar-refractivity contribution >= 4 is 5.96 Å². The number of nitrogens with zero attached hydrogens (tertiary/aromatic N) is 1. The van der Waals surface area contributed by atoms with E-state index in [2.05, 4.69) is 40.6 Å². The zero-order valence-electron chi connectivity index (χ0n) is 14.1. The van der Waals surface area contributed by atoms with E-state index in [9.17, 15) is 0 Å². The highest BCUT2D eigenvalue weighted by molar-refractivity contribution is 5.78. The van der Waals surface area contributed by atoms with Crippen LogP contribution >= 0.6 is 0 Å². The molecule has 3 rings (SSSR count). The van der Waals surface area contributed by atoms with Crippen molar-refractivity contribution in [3.8, 4) is 0 Å². The summed E-state index contributed by atoms with van der Waals surface area (Å²) < 4.78 is 5.87. The van der Waals surface area contributed by atoms with Gasteiger partial charge in [0.15, 0.2) is 5.96 Å². The first kappa shape index (κ1) is 16.3. The van der Waals surface area contributed by atoms with E-state index in [0.717, 1.165) is 25.7 Å². The molecule has 23 heavy (non-hydrogen) atoms. The number of hydrogen-bond donors (Lipinski definition) is 2. The van der Waals surface area contributed by atoms with E-state index < -0.39 is 0 Å². The number of aliphatic imine (C=N–C) groups is 1. The van der Waals surface area contributed by atoms with Gasteiger partial charge in [0.1, 0.15) is 0 Å². The van der Waals surface area contributed by atoms with Gasteiger partial charge in [-0.1, -0.05) is 30.3 Å². The maximum atomic E-state index is 6.02. The topological polar surface area (TPSA) is 59.6 Å². The van der Waals surface area contributed by atoms with Crippen LogP contribution in [0.3, 0.4) is 0 Å². The summed E-state index contributed by atoms with van der Waals surface area (Å²) >= 11 is 0. The number of nitrogens with one attached hydrogen (secondary N) is 1. The standard InChI is InChI=1S/C19H29N3O/c1-23-19(14-21-18(20)22-17-8-5-9-17)12-10-16(11-13-19)15-6-3-2-4-7-15/h2-4,6-7,16-17H,5,8-14H2,1H3,(H3,20,21,22). The van der Waals surface area contributed by atoms with Gasteiger partial charge < -0.3 is 15.8 Å². The maximum Gasteiger partial charge on any atom is 0.188 e. The highest BCUT2D eigenvalue weighted by Crippen LogP contribution is 2.39. The van der Waals surface area contributed by atoms with Crippen LogP contribution in [0, 0.1) is 0 Å². The Balaban J connectivity index is 1.54. The van der Waals surface area contributed by atoms with Crippen LogP contribution in [0.4, 0.5) is 0 Å². The fourth-order valence-corrected chi connectivity index (χ4v) is 3.67. The van der Waals surface area contributed by atoms with Gasteiger partial charge in [-0.25, -0.2) is 0 Å². The van der Waals surface area contributed by atoms with E-state index >= 15 is 0 Å². The summed E-state index contributed by atoms with van der Waals surface area (Å²) in [7, 11) is 1.81. The van der Waals surface area contributed by atoms with Gasteiger partial charge in [0.05, 0.1) is 12.1 Å². The van der Waals surface area contributed by atoms with Crippen LogP contribution in [0.25, 0.3) is 0 Å². The summed E-state index contributed by atoms with van der Waals surface area (Å²) in [4.78, 5) is 4.57. The summed E-state index contributed by atoms with van der Waals surface area (Å²) in [6.07, 6.45) is 8.13. The molecule has 4 nitrogen and oxygen atoms in total. The predicted molar refractivity (Wildman–Crippen MR) is 94.7 cm³/mol. The van der Waals surface area contributed by atoms with E-state index in [4.69, 9.17) is 10.5 Å². The van der Waals surface area contributed by atoms with Gasteiger partial charge in [-0.15, -0.1) is 0 Å². The molecule has 2 saturated carbocycles. The molecule has 1 aromatic carbocycles. The van der Waals surface area contributed by atoms with Gasteiger partial charge in [0, 0.05) is 13.2 Å². The molecule has 0 aliphatic heterocycles. The van der Waals surface area contributed by atoms with E-state index in [-0.39, 0.29) is 5.60 Å². The Morgan fingerprint density at radius 3 is 2.48 bits per heavy atom. The molecule has 2 aliphatic carbocycles. The molecular weight excluding hydrogens is 286 g/mol. The first-order valence-electron chi connectivity index (χ1n) is 8.87. The Hall–Kier alpha value is -1.55. The van der Waals surface area contributed by atoms with E-state index in [1.165, 1.54) is 24.8 Å². The fraction of sp³-hybridized carbons (Fsp3) is 0.632. The molecule has 0 saturated heterocycles. The second-order valence-electron chi connectivity index (χ2n) is 7.05. The number of rotatable bonds is 5. The summed E-state index contributed by atoms with van der Waals surface area (Å²) in [6.45, 7) is 0.663. The van der Waals surface area contributed by atoms with Gasteiger partial charge in [-0.3, -0.25) is 4.99 Å². The van der Waals surface area contributed by atoms with Crippen molar-refractivity contribution < 1.29 is 4.74 Å². The van der Waals surface area contributed by atoms with Crippen molar-refractivity contribution in [2.45, 2.75) is 62.5 Å². The molecule has 126 valence electrons. The van der Waals surface area contributed by atoms with E-state index in [1.54, 1.807) is 0 Å². The summed E-state index contributed by atoms with van der Waals surface area (Å²) in [5.74, 6) is 1.23. The van der Waals surface area contributed by atoms with Gasteiger partial charge in [0.2, 0.25) is 0 Å². The third kappa shape index (κ3) is 4.05. The monoisotopic (exact) mass is 315 g/mol. The first-order valence-corrected chi connectivity index (χ1v) is 8.87. The van der Waals surface area contributed by atoms with Crippen molar-refractivity contribution in [2.75, 3.05) is 13.7 Å². The van der Waals surface area contributed by atoms with Gasteiger partial charge >= 0.3 is 0 Å². The molecule has 0 unspecified atom stereocenters. The Morgan fingerprint density at radius 1 is 1.22 bits per heavy atom.